The molecule has 1 aromatic carbocycles. The number of nitriles is 1. The molecule has 5 rings (SSSR count). The fraction of sp³-hybridized carbons (Fsp3) is 0.318. The van der Waals surface area contributed by atoms with Gasteiger partial charge in [-0.05, 0) is 36.3 Å². The monoisotopic (exact) mass is 482 g/mol. The Hall–Kier alpha value is -3.23. The highest BCUT2D eigenvalue weighted by Gasteiger charge is 2.61. The highest BCUT2D eigenvalue weighted by molar-refractivity contribution is 8.00. The van der Waals surface area contributed by atoms with Crippen molar-refractivity contribution in [3.8, 4) is 6.07 Å². The molecule has 3 heterocycles. The van der Waals surface area contributed by atoms with Crippen molar-refractivity contribution in [2.75, 3.05) is 16.5 Å². The van der Waals surface area contributed by atoms with Gasteiger partial charge in [-0.3, -0.25) is 14.5 Å². The summed E-state index contributed by atoms with van der Waals surface area (Å²) in [5.41, 5.74) is 5.40. The fourth-order valence-corrected chi connectivity index (χ4v) is 6.28. The van der Waals surface area contributed by atoms with Crippen molar-refractivity contribution in [3.05, 3.63) is 52.2 Å². The number of fused-ring (bicyclic) bond motifs is 3. The predicted octanol–water partition coefficient (Wildman–Crippen LogP) is 3.45. The second kappa shape index (κ2) is 7.13. The fourth-order valence-electron chi connectivity index (χ4n) is 4.98. The van der Waals surface area contributed by atoms with E-state index in [0.29, 0.717) is 27.3 Å². The number of aromatic nitrogens is 2. The Morgan fingerprint density at radius 1 is 1.30 bits per heavy atom. The number of thioether (sulfide) groups is 1. The summed E-state index contributed by atoms with van der Waals surface area (Å²) < 4.78 is 15.1. The van der Waals surface area contributed by atoms with E-state index in [0.717, 1.165) is 0 Å². The van der Waals surface area contributed by atoms with Gasteiger partial charge in [0.15, 0.2) is 10.1 Å². The number of rotatable bonds is 2. The molecule has 8 nitrogen and oxygen atoms in total. The van der Waals surface area contributed by atoms with Crippen LogP contribution in [0.15, 0.2) is 45.2 Å². The van der Waals surface area contributed by atoms with Crippen LogP contribution in [0.1, 0.15) is 32.3 Å². The summed E-state index contributed by atoms with van der Waals surface area (Å²) in [6, 6.07) is 5.92. The molecule has 1 amide bonds. The lowest BCUT2D eigenvalue weighted by Gasteiger charge is -2.45. The van der Waals surface area contributed by atoms with Crippen molar-refractivity contribution < 1.29 is 14.0 Å². The number of Topliss-reactive ketones (excluding diaryl/α,β-unsaturated/α-hetero) is 1. The number of hydrogen-bond acceptors (Lipinski definition) is 9. The second-order valence-electron chi connectivity index (χ2n) is 8.92. The number of amides is 1. The van der Waals surface area contributed by atoms with Crippen LogP contribution in [0.5, 0.6) is 0 Å². The van der Waals surface area contributed by atoms with Gasteiger partial charge in [0.2, 0.25) is 11.0 Å². The van der Waals surface area contributed by atoms with Crippen LogP contribution >= 0.6 is 23.1 Å². The smallest absolute Gasteiger partial charge is 0.245 e. The molecule has 168 valence electrons. The molecule has 0 fully saturated rings. The molecule has 0 saturated heterocycles. The number of ketones is 1. The third kappa shape index (κ3) is 2.87. The van der Waals surface area contributed by atoms with Gasteiger partial charge in [-0.25, -0.2) is 4.39 Å². The first-order valence-electron chi connectivity index (χ1n) is 10.1. The first-order valence-corrected chi connectivity index (χ1v) is 12.1. The minimum Gasteiger partial charge on any atom is -0.384 e. The number of nitrogens with one attached hydrogen (secondary N) is 1. The van der Waals surface area contributed by atoms with Gasteiger partial charge in [-0.2, -0.15) is 5.26 Å². The Morgan fingerprint density at radius 2 is 2.06 bits per heavy atom. The highest BCUT2D eigenvalue weighted by atomic mass is 32.2. The Morgan fingerprint density at radius 3 is 2.73 bits per heavy atom. The van der Waals surface area contributed by atoms with Gasteiger partial charge in [-0.15, -0.1) is 10.2 Å². The van der Waals surface area contributed by atoms with Gasteiger partial charge >= 0.3 is 0 Å². The first kappa shape index (κ1) is 21.6. The largest absolute Gasteiger partial charge is 0.384 e. The van der Waals surface area contributed by atoms with Crippen LogP contribution in [0.4, 0.5) is 15.2 Å². The molecule has 2 aromatic rings. The zero-order valence-corrected chi connectivity index (χ0v) is 19.7. The Labute approximate surface area is 197 Å². The zero-order valence-electron chi connectivity index (χ0n) is 18.0. The molecule has 0 radical (unpaired) electrons. The normalized spacial score (nSPS) is 23.5. The predicted molar refractivity (Wildman–Crippen MR) is 123 cm³/mol. The summed E-state index contributed by atoms with van der Waals surface area (Å²) in [4.78, 5) is 28.8. The summed E-state index contributed by atoms with van der Waals surface area (Å²) in [5.74, 6) is -1.47. The number of hydrogen-bond donors (Lipinski definition) is 2. The van der Waals surface area contributed by atoms with Gasteiger partial charge < -0.3 is 11.1 Å². The van der Waals surface area contributed by atoms with Crippen LogP contribution in [0.2, 0.25) is 0 Å². The highest BCUT2D eigenvalue weighted by Crippen LogP contribution is 2.57. The SMILES string of the molecule is CSc1nnc(N2C(N)=C(C#N)C3(C(=O)Nc4ccc(F)cc43)C3=C2CC(C)(C)CC3=O)s1. The van der Waals surface area contributed by atoms with Crippen molar-refractivity contribution in [3.63, 3.8) is 0 Å². The van der Waals surface area contributed by atoms with Crippen LogP contribution in [-0.4, -0.2) is 28.1 Å². The third-order valence-electron chi connectivity index (χ3n) is 6.22. The summed E-state index contributed by atoms with van der Waals surface area (Å²) in [7, 11) is 0. The molecule has 0 saturated carbocycles. The van der Waals surface area contributed by atoms with E-state index in [1.165, 1.54) is 41.3 Å². The average Bonchev–Trinajstić information content (AvgIpc) is 3.31. The molecular formula is C22H19FN6O2S2. The summed E-state index contributed by atoms with van der Waals surface area (Å²) in [5, 5.41) is 21.7. The molecular weight excluding hydrogens is 463 g/mol. The number of nitrogens with zero attached hydrogens (tertiary/aromatic N) is 4. The van der Waals surface area contributed by atoms with Crippen molar-refractivity contribution >= 4 is 45.6 Å². The average molecular weight is 483 g/mol. The number of nitrogens with two attached hydrogens (primary N) is 1. The maximum absolute atomic E-state index is 14.4. The quantitative estimate of drug-likeness (QED) is 0.624. The molecule has 33 heavy (non-hydrogen) atoms. The maximum atomic E-state index is 14.4. The Kier molecular flexibility index (Phi) is 4.67. The van der Waals surface area contributed by atoms with E-state index < -0.39 is 22.6 Å². The van der Waals surface area contributed by atoms with Gasteiger partial charge in [0.1, 0.15) is 23.1 Å². The van der Waals surface area contributed by atoms with Crippen LogP contribution in [-0.2, 0) is 15.0 Å². The Bertz CT molecular complexity index is 1350. The number of benzene rings is 1. The molecule has 1 aliphatic carbocycles. The van der Waals surface area contributed by atoms with Crippen LogP contribution in [0.25, 0.3) is 0 Å². The van der Waals surface area contributed by atoms with Crippen LogP contribution in [0, 0.1) is 22.6 Å². The van der Waals surface area contributed by atoms with Gasteiger partial charge in [0.05, 0.1) is 5.57 Å². The molecule has 1 aromatic heterocycles. The van der Waals surface area contributed by atoms with Gasteiger partial charge in [0.25, 0.3) is 0 Å². The second-order valence-corrected chi connectivity index (χ2v) is 10.9. The molecule has 3 N–H and O–H groups in total. The number of carbonyl (C=O) groups is 2. The summed E-state index contributed by atoms with van der Waals surface area (Å²) in [6.45, 7) is 3.91. The van der Waals surface area contributed by atoms with E-state index in [9.17, 15) is 19.2 Å². The van der Waals surface area contributed by atoms with Gasteiger partial charge in [0, 0.05) is 28.9 Å². The molecule has 1 unspecified atom stereocenters. The molecule has 1 spiro atoms. The number of anilines is 2. The molecule has 1 atom stereocenters. The van der Waals surface area contributed by atoms with Crippen LogP contribution in [0.3, 0.4) is 0 Å². The van der Waals surface area contributed by atoms with Crippen LogP contribution < -0.4 is 16.0 Å². The molecule has 0 bridgehead atoms. The van der Waals surface area contributed by atoms with E-state index in [2.05, 4.69) is 21.6 Å². The first-order chi connectivity index (χ1) is 15.6. The lowest BCUT2D eigenvalue weighted by molar-refractivity contribution is -0.123. The molecule has 3 aliphatic rings. The number of carbonyl (C=O) groups excluding carboxylic acids is 2. The third-order valence-corrected chi connectivity index (χ3v) is 8.10. The van der Waals surface area contributed by atoms with E-state index in [1.54, 1.807) is 4.90 Å². The van der Waals surface area contributed by atoms with Crippen molar-refractivity contribution in [2.45, 2.75) is 36.4 Å². The number of halogens is 1. The lowest BCUT2D eigenvalue weighted by atomic mass is 9.61. The van der Waals surface area contributed by atoms with E-state index in [-0.39, 0.29) is 34.7 Å². The lowest BCUT2D eigenvalue weighted by Crippen LogP contribution is -2.52. The maximum Gasteiger partial charge on any atom is 0.245 e. The van der Waals surface area contributed by atoms with Gasteiger partial charge in [-0.1, -0.05) is 36.9 Å². The Balaban J connectivity index is 1.89. The van der Waals surface area contributed by atoms with E-state index in [4.69, 9.17) is 5.73 Å². The van der Waals surface area contributed by atoms with Crippen molar-refractivity contribution in [1.82, 2.24) is 10.2 Å². The minimum atomic E-state index is -1.82. The van der Waals surface area contributed by atoms with Crippen molar-refractivity contribution in [2.24, 2.45) is 11.1 Å². The molecule has 2 aliphatic heterocycles. The molecule has 11 heteroatoms. The van der Waals surface area contributed by atoms with E-state index >= 15 is 0 Å². The zero-order chi connectivity index (χ0) is 23.7. The number of allylic oxidation sites excluding steroid dienone is 1. The van der Waals surface area contributed by atoms with Crippen molar-refractivity contribution in [1.29, 1.82) is 5.26 Å². The topological polar surface area (TPSA) is 125 Å². The standard InChI is InChI=1S/C22H19FN6O2S2/c1-21(2)7-14-16(15(30)8-21)22(11-6-10(23)4-5-13(11)26-18(22)31)12(9-24)17(25)29(14)19-27-28-20(32-3)33-19/h4-6H,7-8,25H2,1-3H3,(H,26,31). The summed E-state index contributed by atoms with van der Waals surface area (Å²) in [6.07, 6.45) is 2.44. The van der Waals surface area contributed by atoms with E-state index in [1.807, 2.05) is 20.1 Å². The summed E-state index contributed by atoms with van der Waals surface area (Å²) >= 11 is 2.68. The minimum absolute atomic E-state index is 0.0159.